The van der Waals surface area contributed by atoms with Gasteiger partial charge in [-0.1, -0.05) is 218 Å². The monoisotopic (exact) mass is 971 g/mol. The molecule has 0 radical (unpaired) electrons. The Bertz CT molecular complexity index is 4600. The van der Waals surface area contributed by atoms with E-state index in [9.17, 15) is 0 Å². The van der Waals surface area contributed by atoms with Gasteiger partial charge in [0.25, 0.3) is 0 Å². The predicted molar refractivity (Wildman–Crippen MR) is 309 cm³/mol. The molecule has 14 aromatic rings. The van der Waals surface area contributed by atoms with Gasteiger partial charge in [-0.25, -0.2) is 15.0 Å². The van der Waals surface area contributed by atoms with E-state index in [-0.39, 0.29) is 0 Å². The molecule has 348 valence electrons. The van der Waals surface area contributed by atoms with Crippen molar-refractivity contribution < 1.29 is 4.42 Å². The Morgan fingerprint density at radius 2 is 0.773 bits per heavy atom. The van der Waals surface area contributed by atoms with Crippen LogP contribution in [-0.2, 0) is 5.41 Å². The van der Waals surface area contributed by atoms with Gasteiger partial charge < -0.3 is 4.42 Å². The smallest absolute Gasteiger partial charge is 0.164 e. The maximum Gasteiger partial charge on any atom is 0.164 e. The fourth-order valence-electron chi connectivity index (χ4n) is 12.7. The molecule has 0 fully saturated rings. The molecule has 0 saturated carbocycles. The maximum atomic E-state index is 6.68. The lowest BCUT2D eigenvalue weighted by molar-refractivity contribution is 0.669. The first-order valence-electron chi connectivity index (χ1n) is 25.5. The number of hydrogen-bond donors (Lipinski definition) is 0. The van der Waals surface area contributed by atoms with Crippen molar-refractivity contribution in [2.45, 2.75) is 5.41 Å². The van der Waals surface area contributed by atoms with Crippen molar-refractivity contribution in [3.8, 4) is 89.8 Å². The summed E-state index contributed by atoms with van der Waals surface area (Å²) < 4.78 is 9.10. The summed E-state index contributed by atoms with van der Waals surface area (Å²) in [5, 5.41) is 4.31. The summed E-state index contributed by atoms with van der Waals surface area (Å²) in [5.74, 6) is 1.81. The number of aromatic nitrogens is 3. The maximum absolute atomic E-state index is 6.68. The Balaban J connectivity index is 0.849. The lowest BCUT2D eigenvalue weighted by Gasteiger charge is -2.32. The van der Waals surface area contributed by atoms with Gasteiger partial charge in [0.1, 0.15) is 11.2 Å². The molecule has 1 spiro atoms. The van der Waals surface area contributed by atoms with E-state index >= 15 is 0 Å². The standard InChI is InChI=1S/C70H41N3OS/c1-2-17-43(18-3-1)46-19-4-5-23-52(46)67-71-68(73-69(72-67)55-28-16-34-63-65(55)53-24-9-13-33-62(53)75-63)54-27-15-32-61-64(54)56-41-45(39-40-60(56)74-61)42-35-37-44(38-36-42)47-25-14-26-51-50-22-8-12-31-59(50)70(66(47)51)57-29-10-6-20-48(57)49-21-7-11-30-58(49)70/h1-41H. The molecule has 0 bridgehead atoms. The van der Waals surface area contributed by atoms with E-state index in [1.165, 1.54) is 70.4 Å². The van der Waals surface area contributed by atoms with Gasteiger partial charge in [0.15, 0.2) is 17.5 Å². The molecule has 0 N–H and O–H groups in total. The summed E-state index contributed by atoms with van der Waals surface area (Å²) in [6.07, 6.45) is 0. The quantitative estimate of drug-likeness (QED) is 0.167. The van der Waals surface area contributed by atoms with Crippen LogP contribution in [-0.4, -0.2) is 15.0 Å². The molecule has 0 saturated heterocycles. The fourth-order valence-corrected chi connectivity index (χ4v) is 13.8. The zero-order chi connectivity index (χ0) is 49.2. The topological polar surface area (TPSA) is 51.8 Å². The van der Waals surface area contributed by atoms with Crippen molar-refractivity contribution in [2.24, 2.45) is 0 Å². The van der Waals surface area contributed by atoms with Gasteiger partial charge in [0.2, 0.25) is 0 Å². The number of rotatable bonds is 6. The molecule has 0 aliphatic heterocycles. The first kappa shape index (κ1) is 42.0. The van der Waals surface area contributed by atoms with E-state index in [0.717, 1.165) is 66.3 Å². The Labute approximate surface area is 436 Å². The lowest BCUT2D eigenvalue weighted by Crippen LogP contribution is -2.26. The van der Waals surface area contributed by atoms with Crippen LogP contribution in [0.15, 0.2) is 253 Å². The number of benzene rings is 11. The van der Waals surface area contributed by atoms with Crippen molar-refractivity contribution in [1.29, 1.82) is 0 Å². The third-order valence-corrected chi connectivity index (χ3v) is 16.9. The fraction of sp³-hybridized carbons (Fsp3) is 0.0143. The average Bonchev–Trinajstić information content (AvgIpc) is 4.24. The van der Waals surface area contributed by atoms with Crippen molar-refractivity contribution >= 4 is 53.4 Å². The first-order valence-corrected chi connectivity index (χ1v) is 26.3. The first-order chi connectivity index (χ1) is 37.2. The van der Waals surface area contributed by atoms with Gasteiger partial charge in [-0.3, -0.25) is 0 Å². The second-order valence-corrected chi connectivity index (χ2v) is 20.8. The molecule has 0 atom stereocenters. The normalized spacial score (nSPS) is 12.9. The summed E-state index contributed by atoms with van der Waals surface area (Å²) in [5.41, 5.74) is 21.3. The van der Waals surface area contributed by atoms with Crippen LogP contribution in [0.5, 0.6) is 0 Å². The molecule has 3 aromatic heterocycles. The number of hydrogen-bond acceptors (Lipinski definition) is 5. The van der Waals surface area contributed by atoms with Crippen LogP contribution in [0.1, 0.15) is 22.3 Å². The molecule has 0 unspecified atom stereocenters. The SMILES string of the molecule is c1ccc(-c2ccccc2-c2nc(-c3cccc4oc5ccc(-c6ccc(-c7cccc8c7C7(c9ccccc9-c9ccccc97)c7ccccc7-8)cc6)cc5c34)nc(-c3cccc4sc5ccccc5c34)n2)cc1. The van der Waals surface area contributed by atoms with Crippen LogP contribution in [0, 0.1) is 0 Å². The van der Waals surface area contributed by atoms with Crippen LogP contribution in [0.3, 0.4) is 0 Å². The van der Waals surface area contributed by atoms with Gasteiger partial charge in [-0.15, -0.1) is 11.3 Å². The number of furan rings is 1. The van der Waals surface area contributed by atoms with E-state index in [1.54, 1.807) is 11.3 Å². The Hall–Kier alpha value is -9.55. The highest BCUT2D eigenvalue weighted by molar-refractivity contribution is 7.25. The largest absolute Gasteiger partial charge is 0.456 e. The minimum atomic E-state index is -0.434. The summed E-state index contributed by atoms with van der Waals surface area (Å²) in [7, 11) is 0. The molecular formula is C70H41N3OS. The number of thiophene rings is 1. The van der Waals surface area contributed by atoms with Crippen LogP contribution >= 0.6 is 11.3 Å². The molecule has 5 heteroatoms. The van der Waals surface area contributed by atoms with Crippen molar-refractivity contribution in [2.75, 3.05) is 0 Å². The molecule has 4 nitrogen and oxygen atoms in total. The minimum Gasteiger partial charge on any atom is -0.456 e. The molecular weight excluding hydrogens is 931 g/mol. The van der Waals surface area contributed by atoms with Gasteiger partial charge in [0, 0.05) is 47.6 Å². The van der Waals surface area contributed by atoms with Crippen LogP contribution in [0.4, 0.5) is 0 Å². The summed E-state index contributed by atoms with van der Waals surface area (Å²) in [6.45, 7) is 0. The van der Waals surface area contributed by atoms with Crippen LogP contribution < -0.4 is 0 Å². The van der Waals surface area contributed by atoms with Crippen molar-refractivity contribution in [3.63, 3.8) is 0 Å². The highest BCUT2D eigenvalue weighted by atomic mass is 32.1. The molecule has 2 aliphatic rings. The second kappa shape index (κ2) is 16.2. The average molecular weight is 972 g/mol. The molecule has 11 aromatic carbocycles. The van der Waals surface area contributed by atoms with Crippen molar-refractivity contribution in [3.05, 3.63) is 271 Å². The van der Waals surface area contributed by atoms with E-state index in [1.807, 2.05) is 18.2 Å². The number of fused-ring (bicyclic) bond motifs is 16. The van der Waals surface area contributed by atoms with Crippen LogP contribution in [0.25, 0.3) is 132 Å². The molecule has 3 heterocycles. The molecule has 75 heavy (non-hydrogen) atoms. The molecule has 16 rings (SSSR count). The van der Waals surface area contributed by atoms with Crippen LogP contribution in [0.2, 0.25) is 0 Å². The molecule has 2 aliphatic carbocycles. The zero-order valence-electron chi connectivity index (χ0n) is 40.3. The van der Waals surface area contributed by atoms with Gasteiger partial charge >= 0.3 is 0 Å². The third kappa shape index (κ3) is 6.13. The second-order valence-electron chi connectivity index (χ2n) is 19.7. The molecule has 0 amide bonds. The zero-order valence-corrected chi connectivity index (χ0v) is 41.1. The minimum absolute atomic E-state index is 0.434. The van der Waals surface area contributed by atoms with Gasteiger partial charge in [-0.2, -0.15) is 0 Å². The van der Waals surface area contributed by atoms with E-state index in [2.05, 4.69) is 231 Å². The Morgan fingerprint density at radius 3 is 1.49 bits per heavy atom. The Kier molecular flexibility index (Phi) is 9.09. The van der Waals surface area contributed by atoms with Crippen molar-refractivity contribution in [1.82, 2.24) is 15.0 Å². The van der Waals surface area contributed by atoms with E-state index < -0.39 is 5.41 Å². The van der Waals surface area contributed by atoms with Gasteiger partial charge in [-0.05, 0) is 108 Å². The highest BCUT2D eigenvalue weighted by Gasteiger charge is 2.52. The predicted octanol–water partition coefficient (Wildman–Crippen LogP) is 18.5. The third-order valence-electron chi connectivity index (χ3n) is 15.8. The van der Waals surface area contributed by atoms with Gasteiger partial charge in [0.05, 0.1) is 5.41 Å². The number of nitrogens with zero attached hydrogens (tertiary/aromatic N) is 3. The summed E-state index contributed by atoms with van der Waals surface area (Å²) in [4.78, 5) is 16.2. The summed E-state index contributed by atoms with van der Waals surface area (Å²) >= 11 is 1.79. The Morgan fingerprint density at radius 1 is 0.293 bits per heavy atom. The highest BCUT2D eigenvalue weighted by Crippen LogP contribution is 2.64. The van der Waals surface area contributed by atoms with E-state index in [0.29, 0.717) is 17.5 Å². The van der Waals surface area contributed by atoms with E-state index in [4.69, 9.17) is 19.4 Å². The summed E-state index contributed by atoms with van der Waals surface area (Å²) in [6, 6.07) is 89.7. The lowest BCUT2D eigenvalue weighted by atomic mass is 9.68.